The van der Waals surface area contributed by atoms with Crippen LogP contribution in [-0.2, 0) is 29.5 Å². The number of rotatable bonds is 7. The van der Waals surface area contributed by atoms with Gasteiger partial charge >= 0.3 is 0 Å². The van der Waals surface area contributed by atoms with Gasteiger partial charge < -0.3 is 4.90 Å². The van der Waals surface area contributed by atoms with Crippen LogP contribution in [0.1, 0.15) is 31.9 Å². The van der Waals surface area contributed by atoms with Crippen LogP contribution in [0.4, 0.5) is 0 Å². The molecule has 2 aromatic carbocycles. The summed E-state index contributed by atoms with van der Waals surface area (Å²) in [6.45, 7) is 5.14. The summed E-state index contributed by atoms with van der Waals surface area (Å²) in [6.07, 6.45) is 2.33. The average Bonchev–Trinajstić information content (AvgIpc) is 3.32. The van der Waals surface area contributed by atoms with Crippen molar-refractivity contribution in [1.29, 1.82) is 5.26 Å². The van der Waals surface area contributed by atoms with Crippen molar-refractivity contribution in [3.63, 3.8) is 0 Å². The largest absolute Gasteiger partial charge is 0.331 e. The van der Waals surface area contributed by atoms with Gasteiger partial charge in [-0.15, -0.1) is 17.9 Å². The van der Waals surface area contributed by atoms with Gasteiger partial charge in [0.1, 0.15) is 0 Å². The molecule has 4 rings (SSSR count). The maximum absolute atomic E-state index is 13.3. The summed E-state index contributed by atoms with van der Waals surface area (Å²) in [5, 5.41) is 11.0. The van der Waals surface area contributed by atoms with E-state index in [1.807, 2.05) is 11.4 Å². The van der Waals surface area contributed by atoms with Gasteiger partial charge in [0, 0.05) is 36.6 Å². The van der Waals surface area contributed by atoms with Gasteiger partial charge in [-0.1, -0.05) is 24.3 Å². The fraction of sp³-hybridized carbons (Fsp3) is 0.200. The summed E-state index contributed by atoms with van der Waals surface area (Å²) in [4.78, 5) is 16.2. The minimum Gasteiger partial charge on any atom is -0.331 e. The zero-order valence-electron chi connectivity index (χ0n) is 18.0. The number of nitriles is 1. The molecule has 0 bridgehead atoms. The van der Waals surface area contributed by atoms with Gasteiger partial charge in [-0.05, 0) is 59.3 Å². The molecule has 0 N–H and O–H groups in total. The Kier molecular flexibility index (Phi) is 6.75. The maximum atomic E-state index is 13.3. The van der Waals surface area contributed by atoms with Crippen molar-refractivity contribution in [3.05, 3.63) is 99.8 Å². The lowest BCUT2D eigenvalue weighted by Gasteiger charge is -2.26. The Morgan fingerprint density at radius 1 is 1.21 bits per heavy atom. The van der Waals surface area contributed by atoms with Crippen molar-refractivity contribution in [2.24, 2.45) is 0 Å². The molecule has 168 valence electrons. The molecule has 0 saturated carbocycles. The van der Waals surface area contributed by atoms with Gasteiger partial charge in [0.05, 0.1) is 16.5 Å². The van der Waals surface area contributed by atoms with Gasteiger partial charge in [-0.25, -0.2) is 8.42 Å². The second-order valence-corrected chi connectivity index (χ2v) is 10.7. The number of nitrogens with zero attached hydrogens (tertiary/aromatic N) is 3. The monoisotopic (exact) mass is 477 g/mol. The molecule has 0 spiro atoms. The van der Waals surface area contributed by atoms with E-state index in [0.29, 0.717) is 43.7 Å². The van der Waals surface area contributed by atoms with Gasteiger partial charge in [-0.2, -0.15) is 9.57 Å². The van der Waals surface area contributed by atoms with E-state index in [0.717, 1.165) is 11.1 Å². The fourth-order valence-electron chi connectivity index (χ4n) is 3.83. The van der Waals surface area contributed by atoms with E-state index >= 15 is 0 Å². The quantitative estimate of drug-likeness (QED) is 0.478. The molecule has 6 nitrogen and oxygen atoms in total. The van der Waals surface area contributed by atoms with Gasteiger partial charge in [-0.3, -0.25) is 4.79 Å². The molecule has 0 aliphatic carbocycles. The minimum atomic E-state index is -3.73. The second-order valence-electron chi connectivity index (χ2n) is 7.77. The Labute approximate surface area is 198 Å². The van der Waals surface area contributed by atoms with Crippen LogP contribution >= 0.6 is 11.3 Å². The Bertz CT molecular complexity index is 1320. The van der Waals surface area contributed by atoms with Gasteiger partial charge in [0.2, 0.25) is 10.0 Å². The first-order valence-electron chi connectivity index (χ1n) is 10.5. The number of hydrogen-bond donors (Lipinski definition) is 0. The first kappa shape index (κ1) is 22.9. The summed E-state index contributed by atoms with van der Waals surface area (Å²) < 4.78 is 28.1. The molecule has 1 aromatic heterocycles. The fourth-order valence-corrected chi connectivity index (χ4v) is 6.18. The molecule has 0 saturated heterocycles. The summed E-state index contributed by atoms with van der Waals surface area (Å²) >= 11 is 1.66. The molecule has 1 aliphatic rings. The number of carbonyl (C=O) groups is 1. The Balaban J connectivity index is 1.56. The molecule has 0 radical (unpaired) electrons. The Hall–Kier alpha value is -3.25. The first-order chi connectivity index (χ1) is 15.9. The molecule has 8 heteroatoms. The van der Waals surface area contributed by atoms with Crippen LogP contribution in [0.15, 0.2) is 77.5 Å². The van der Waals surface area contributed by atoms with Crippen molar-refractivity contribution in [2.45, 2.75) is 24.4 Å². The maximum Gasteiger partial charge on any atom is 0.254 e. The highest BCUT2D eigenvalue weighted by Gasteiger charge is 2.29. The lowest BCUT2D eigenvalue weighted by Crippen LogP contribution is -2.35. The number of carbonyl (C=O) groups excluding carboxylic acids is 1. The third-order valence-corrected chi connectivity index (χ3v) is 8.45. The van der Waals surface area contributed by atoms with E-state index in [4.69, 9.17) is 5.26 Å². The SMILES string of the molecule is C=CCN(Cc1ccc(C#N)cc1)C(=O)c1cccc(S(=O)(=O)N2CCc3sccc3C2)c1. The molecule has 1 amide bonds. The van der Waals surface area contributed by atoms with Crippen LogP contribution in [-0.4, -0.2) is 36.6 Å². The van der Waals surface area contributed by atoms with E-state index in [2.05, 4.69) is 12.6 Å². The highest BCUT2D eigenvalue weighted by Crippen LogP contribution is 2.28. The highest BCUT2D eigenvalue weighted by molar-refractivity contribution is 7.89. The van der Waals surface area contributed by atoms with E-state index in [9.17, 15) is 13.2 Å². The molecular weight excluding hydrogens is 454 g/mol. The number of benzene rings is 2. The molecule has 3 aromatic rings. The van der Waals surface area contributed by atoms with Crippen LogP contribution < -0.4 is 0 Å². The molecule has 0 fully saturated rings. The van der Waals surface area contributed by atoms with Crippen molar-refractivity contribution in [3.8, 4) is 6.07 Å². The molecule has 0 atom stereocenters. The Morgan fingerprint density at radius 2 is 2.00 bits per heavy atom. The van der Waals surface area contributed by atoms with Crippen molar-refractivity contribution >= 4 is 27.3 Å². The number of hydrogen-bond acceptors (Lipinski definition) is 5. The van der Waals surface area contributed by atoms with Gasteiger partial charge in [0.15, 0.2) is 0 Å². The normalized spacial score (nSPS) is 13.7. The van der Waals surface area contributed by atoms with E-state index in [-0.39, 0.29) is 10.8 Å². The van der Waals surface area contributed by atoms with Crippen LogP contribution in [0.5, 0.6) is 0 Å². The van der Waals surface area contributed by atoms with Crippen LogP contribution in [0.2, 0.25) is 0 Å². The van der Waals surface area contributed by atoms with Crippen molar-refractivity contribution < 1.29 is 13.2 Å². The van der Waals surface area contributed by atoms with Gasteiger partial charge in [0.25, 0.3) is 5.91 Å². The molecular formula is C25H23N3O3S2. The average molecular weight is 478 g/mol. The molecule has 33 heavy (non-hydrogen) atoms. The van der Waals surface area contributed by atoms with E-state index in [1.54, 1.807) is 58.7 Å². The zero-order valence-corrected chi connectivity index (χ0v) is 19.6. The third-order valence-electron chi connectivity index (χ3n) is 5.58. The lowest BCUT2D eigenvalue weighted by molar-refractivity contribution is 0.0762. The molecule has 1 aliphatic heterocycles. The van der Waals surface area contributed by atoms with Crippen molar-refractivity contribution in [2.75, 3.05) is 13.1 Å². The standard InChI is InChI=1S/C25H23N3O3S2/c1-2-12-27(17-20-8-6-19(16-26)7-9-20)25(29)21-4-3-5-23(15-21)33(30,31)28-13-10-24-22(18-28)11-14-32-24/h2-9,11,14-15H,1,10,12-13,17-18H2. The molecule has 0 unspecified atom stereocenters. The third kappa shape index (κ3) is 4.91. The number of sulfonamides is 1. The zero-order chi connectivity index (χ0) is 23.4. The number of thiophene rings is 1. The Morgan fingerprint density at radius 3 is 2.73 bits per heavy atom. The smallest absolute Gasteiger partial charge is 0.254 e. The summed E-state index contributed by atoms with van der Waals surface area (Å²) in [6, 6.07) is 17.3. The second kappa shape index (κ2) is 9.71. The van der Waals surface area contributed by atoms with Crippen LogP contribution in [0.3, 0.4) is 0 Å². The summed E-state index contributed by atoms with van der Waals surface area (Å²) in [5.74, 6) is -0.282. The van der Waals surface area contributed by atoms with Crippen LogP contribution in [0.25, 0.3) is 0 Å². The number of fused-ring (bicyclic) bond motifs is 1. The van der Waals surface area contributed by atoms with Crippen molar-refractivity contribution in [1.82, 2.24) is 9.21 Å². The predicted molar refractivity (Wildman–Crippen MR) is 128 cm³/mol. The minimum absolute atomic E-state index is 0.115. The number of amides is 1. The molecule has 2 heterocycles. The summed E-state index contributed by atoms with van der Waals surface area (Å²) in [7, 11) is -3.73. The topological polar surface area (TPSA) is 81.5 Å². The highest BCUT2D eigenvalue weighted by atomic mass is 32.2. The predicted octanol–water partition coefficient (Wildman–Crippen LogP) is 4.20. The first-order valence-corrected chi connectivity index (χ1v) is 12.8. The van der Waals surface area contributed by atoms with Crippen LogP contribution in [0, 0.1) is 11.3 Å². The summed E-state index contributed by atoms with van der Waals surface area (Å²) in [5.41, 5.74) is 2.76. The van der Waals surface area contributed by atoms with E-state index < -0.39 is 10.0 Å². The van der Waals surface area contributed by atoms with E-state index in [1.165, 1.54) is 21.3 Å². The lowest BCUT2D eigenvalue weighted by atomic mass is 10.1.